The topological polar surface area (TPSA) is 69.6 Å². The lowest BCUT2D eigenvalue weighted by Gasteiger charge is -2.28. The van der Waals surface area contributed by atoms with E-state index < -0.39 is 5.60 Å². The fraction of sp³-hybridized carbons (Fsp3) is 0.556. The van der Waals surface area contributed by atoms with Gasteiger partial charge in [0.1, 0.15) is 0 Å². The molecule has 5 heteroatoms. The Balaban J connectivity index is 1.87. The Labute approximate surface area is 137 Å². The van der Waals surface area contributed by atoms with E-state index >= 15 is 0 Å². The smallest absolute Gasteiger partial charge is 0.251 e. The minimum atomic E-state index is -0.705. The van der Waals surface area contributed by atoms with E-state index in [9.17, 15) is 14.7 Å². The van der Waals surface area contributed by atoms with Crippen molar-refractivity contribution < 1.29 is 14.7 Å². The average molecular weight is 318 g/mol. The average Bonchev–Trinajstić information content (AvgIpc) is 2.98. The number of aliphatic hydroxyl groups is 1. The van der Waals surface area contributed by atoms with E-state index in [0.29, 0.717) is 24.9 Å². The van der Waals surface area contributed by atoms with Crippen LogP contribution in [0.2, 0.25) is 0 Å². The Morgan fingerprint density at radius 1 is 1.30 bits per heavy atom. The van der Waals surface area contributed by atoms with Crippen LogP contribution in [0.25, 0.3) is 0 Å². The van der Waals surface area contributed by atoms with Gasteiger partial charge in [0.15, 0.2) is 0 Å². The first kappa shape index (κ1) is 17.5. The summed E-state index contributed by atoms with van der Waals surface area (Å²) in [7, 11) is 3.35. The summed E-state index contributed by atoms with van der Waals surface area (Å²) in [6.07, 6.45) is 4.59. The summed E-state index contributed by atoms with van der Waals surface area (Å²) < 4.78 is 0. The number of benzene rings is 1. The Hall–Kier alpha value is -1.88. The summed E-state index contributed by atoms with van der Waals surface area (Å²) in [6.45, 7) is 0.407. The molecule has 1 aliphatic rings. The lowest BCUT2D eigenvalue weighted by molar-refractivity contribution is -0.133. The lowest BCUT2D eigenvalue weighted by atomic mass is 10.0. The monoisotopic (exact) mass is 318 g/mol. The Bertz CT molecular complexity index is 565. The highest BCUT2D eigenvalue weighted by atomic mass is 16.3. The van der Waals surface area contributed by atoms with Gasteiger partial charge in [-0.15, -0.1) is 0 Å². The first-order valence-corrected chi connectivity index (χ1v) is 8.21. The fourth-order valence-electron chi connectivity index (χ4n) is 3.18. The first-order chi connectivity index (χ1) is 10.9. The van der Waals surface area contributed by atoms with Crippen LogP contribution in [0.4, 0.5) is 0 Å². The number of hydrogen-bond acceptors (Lipinski definition) is 3. The van der Waals surface area contributed by atoms with Gasteiger partial charge in [-0.3, -0.25) is 9.59 Å². The third-order valence-corrected chi connectivity index (χ3v) is 4.54. The number of hydrogen-bond donors (Lipinski definition) is 2. The molecule has 1 aromatic rings. The minimum absolute atomic E-state index is 0.0238. The van der Waals surface area contributed by atoms with Crippen molar-refractivity contribution in [2.75, 3.05) is 20.6 Å². The van der Waals surface area contributed by atoms with Crippen molar-refractivity contribution in [1.29, 1.82) is 0 Å². The van der Waals surface area contributed by atoms with Crippen molar-refractivity contribution in [3.63, 3.8) is 0 Å². The van der Waals surface area contributed by atoms with Crippen molar-refractivity contribution in [3.05, 3.63) is 35.4 Å². The van der Waals surface area contributed by atoms with Gasteiger partial charge in [-0.25, -0.2) is 0 Å². The molecule has 23 heavy (non-hydrogen) atoms. The van der Waals surface area contributed by atoms with Crippen LogP contribution in [0.3, 0.4) is 0 Å². The number of rotatable bonds is 6. The Kier molecular flexibility index (Phi) is 5.77. The largest absolute Gasteiger partial charge is 0.388 e. The minimum Gasteiger partial charge on any atom is -0.388 e. The van der Waals surface area contributed by atoms with Gasteiger partial charge < -0.3 is 15.3 Å². The van der Waals surface area contributed by atoms with Gasteiger partial charge in [-0.2, -0.15) is 0 Å². The quantitative estimate of drug-likeness (QED) is 0.839. The molecule has 0 spiro atoms. The Morgan fingerprint density at radius 2 is 2.00 bits per heavy atom. The highest BCUT2D eigenvalue weighted by Crippen LogP contribution is 2.30. The Morgan fingerprint density at radius 3 is 2.65 bits per heavy atom. The number of nitrogens with zero attached hydrogens (tertiary/aromatic N) is 1. The molecule has 0 radical (unpaired) electrons. The highest BCUT2D eigenvalue weighted by Gasteiger charge is 2.33. The van der Waals surface area contributed by atoms with E-state index in [1.165, 1.54) is 0 Å². The van der Waals surface area contributed by atoms with Crippen LogP contribution in [0, 0.1) is 0 Å². The molecule has 2 amide bonds. The van der Waals surface area contributed by atoms with E-state index in [1.54, 1.807) is 25.1 Å². The predicted molar refractivity (Wildman–Crippen MR) is 89.2 cm³/mol. The molecule has 0 heterocycles. The van der Waals surface area contributed by atoms with E-state index in [4.69, 9.17) is 0 Å². The van der Waals surface area contributed by atoms with Crippen molar-refractivity contribution in [2.24, 2.45) is 0 Å². The van der Waals surface area contributed by atoms with Gasteiger partial charge in [0.25, 0.3) is 5.91 Å². The maximum Gasteiger partial charge on any atom is 0.251 e. The summed E-state index contributed by atoms with van der Waals surface area (Å²) >= 11 is 0. The van der Waals surface area contributed by atoms with E-state index in [2.05, 4.69) is 5.32 Å². The summed E-state index contributed by atoms with van der Waals surface area (Å²) in [5, 5.41) is 13.0. The van der Waals surface area contributed by atoms with Crippen molar-refractivity contribution in [1.82, 2.24) is 10.2 Å². The number of nitrogens with one attached hydrogen (secondary N) is 1. The zero-order valence-corrected chi connectivity index (χ0v) is 14.0. The zero-order valence-electron chi connectivity index (χ0n) is 14.0. The highest BCUT2D eigenvalue weighted by molar-refractivity contribution is 5.94. The second-order valence-corrected chi connectivity index (χ2v) is 6.46. The van der Waals surface area contributed by atoms with Crippen LogP contribution in [-0.2, 0) is 11.2 Å². The number of aryl methyl sites for hydroxylation is 1. The molecule has 0 unspecified atom stereocenters. The van der Waals surface area contributed by atoms with E-state index in [0.717, 1.165) is 31.2 Å². The van der Waals surface area contributed by atoms with E-state index in [-0.39, 0.29) is 11.8 Å². The number of likely N-dealkylation sites (N-methyl/N-ethyl adjacent to an activating group) is 1. The molecular weight excluding hydrogens is 292 g/mol. The van der Waals surface area contributed by atoms with Crippen LogP contribution < -0.4 is 5.32 Å². The van der Waals surface area contributed by atoms with Crippen molar-refractivity contribution >= 4 is 11.8 Å². The SMILES string of the molecule is CNC(=O)c1cccc(CCC(=O)N(C)CC2(O)CCCC2)c1. The molecule has 0 atom stereocenters. The summed E-state index contributed by atoms with van der Waals surface area (Å²) in [5.74, 6) is -0.102. The van der Waals surface area contributed by atoms with Crippen LogP contribution in [-0.4, -0.2) is 48.1 Å². The van der Waals surface area contributed by atoms with Gasteiger partial charge in [-0.05, 0) is 37.0 Å². The molecule has 0 aromatic heterocycles. The molecule has 0 bridgehead atoms. The molecule has 5 nitrogen and oxygen atoms in total. The molecule has 0 aliphatic heterocycles. The van der Waals surface area contributed by atoms with Gasteiger partial charge in [0.05, 0.1) is 5.60 Å². The zero-order chi connectivity index (χ0) is 16.9. The molecule has 126 valence electrons. The van der Waals surface area contributed by atoms with Crippen molar-refractivity contribution in [3.8, 4) is 0 Å². The fourth-order valence-corrected chi connectivity index (χ4v) is 3.18. The standard InChI is InChI=1S/C18H26N2O3/c1-19-17(22)15-7-5-6-14(12-15)8-9-16(21)20(2)13-18(23)10-3-4-11-18/h5-7,12,23H,3-4,8-11,13H2,1-2H3,(H,19,22). The second kappa shape index (κ2) is 7.59. The van der Waals surface area contributed by atoms with Gasteiger partial charge in [0.2, 0.25) is 5.91 Å². The van der Waals surface area contributed by atoms with Crippen LogP contribution in [0.15, 0.2) is 24.3 Å². The van der Waals surface area contributed by atoms with Crippen LogP contribution >= 0.6 is 0 Å². The number of carbonyl (C=O) groups excluding carboxylic acids is 2. The molecule has 1 saturated carbocycles. The van der Waals surface area contributed by atoms with Crippen LogP contribution in [0.1, 0.15) is 48.0 Å². The first-order valence-electron chi connectivity index (χ1n) is 8.21. The maximum absolute atomic E-state index is 12.3. The summed E-state index contributed by atoms with van der Waals surface area (Å²) in [4.78, 5) is 25.5. The summed E-state index contributed by atoms with van der Waals surface area (Å²) in [6, 6.07) is 7.32. The third-order valence-electron chi connectivity index (χ3n) is 4.54. The van der Waals surface area contributed by atoms with Crippen molar-refractivity contribution in [2.45, 2.75) is 44.1 Å². The molecule has 2 rings (SSSR count). The molecule has 2 N–H and O–H groups in total. The maximum atomic E-state index is 12.3. The molecular formula is C18H26N2O3. The second-order valence-electron chi connectivity index (χ2n) is 6.46. The molecule has 1 fully saturated rings. The van der Waals surface area contributed by atoms with Crippen LogP contribution in [0.5, 0.6) is 0 Å². The number of amides is 2. The molecule has 0 saturated heterocycles. The van der Waals surface area contributed by atoms with Gasteiger partial charge >= 0.3 is 0 Å². The molecule has 1 aliphatic carbocycles. The lowest BCUT2D eigenvalue weighted by Crippen LogP contribution is -2.42. The normalized spacial score (nSPS) is 16.1. The van der Waals surface area contributed by atoms with Gasteiger partial charge in [-0.1, -0.05) is 25.0 Å². The summed E-state index contributed by atoms with van der Waals surface area (Å²) in [5.41, 5.74) is 0.863. The predicted octanol–water partition coefficient (Wildman–Crippen LogP) is 1.74. The number of carbonyl (C=O) groups is 2. The van der Waals surface area contributed by atoms with E-state index in [1.807, 2.05) is 18.2 Å². The third kappa shape index (κ3) is 4.79. The van der Waals surface area contributed by atoms with Gasteiger partial charge in [0, 0.05) is 32.6 Å². The molecule has 1 aromatic carbocycles.